The molecule has 1 amide bonds. The highest BCUT2D eigenvalue weighted by atomic mass is 35.5. The zero-order valence-corrected chi connectivity index (χ0v) is 10.7. The number of hydrogen-bond donors (Lipinski definition) is 2. The van der Waals surface area contributed by atoms with Crippen molar-refractivity contribution in [3.05, 3.63) is 28.8 Å². The van der Waals surface area contributed by atoms with Crippen LogP contribution in [0.25, 0.3) is 0 Å². The molecule has 0 aliphatic heterocycles. The summed E-state index contributed by atoms with van der Waals surface area (Å²) in [5.74, 6) is -0.0715. The molecule has 2 rings (SSSR count). The van der Waals surface area contributed by atoms with Gasteiger partial charge in [0.2, 0.25) is 0 Å². The number of hydrogen-bond acceptors (Lipinski definition) is 2. The number of nitrogens with two attached hydrogens (primary N) is 1. The lowest BCUT2D eigenvalue weighted by atomic mass is 10.00. The summed E-state index contributed by atoms with van der Waals surface area (Å²) >= 11 is 5.83. The Labute approximate surface area is 106 Å². The van der Waals surface area contributed by atoms with E-state index < -0.39 is 0 Å². The third-order valence-corrected chi connectivity index (χ3v) is 3.72. The molecule has 0 unspecified atom stereocenters. The van der Waals surface area contributed by atoms with Gasteiger partial charge >= 0.3 is 0 Å². The summed E-state index contributed by atoms with van der Waals surface area (Å²) in [4.78, 5) is 12.1. The van der Waals surface area contributed by atoms with Crippen LogP contribution in [0.5, 0.6) is 0 Å². The van der Waals surface area contributed by atoms with Crippen molar-refractivity contribution in [3.63, 3.8) is 0 Å². The molecule has 4 heteroatoms. The van der Waals surface area contributed by atoms with Crippen LogP contribution in [-0.4, -0.2) is 11.4 Å². The van der Waals surface area contributed by atoms with Crippen LogP contribution in [0.3, 0.4) is 0 Å². The number of amides is 1. The fourth-order valence-corrected chi connectivity index (χ4v) is 2.43. The minimum Gasteiger partial charge on any atom is -0.398 e. The summed E-state index contributed by atoms with van der Waals surface area (Å²) in [6, 6.07) is 4.98. The van der Waals surface area contributed by atoms with Crippen molar-refractivity contribution in [2.75, 3.05) is 5.73 Å². The zero-order valence-electron chi connectivity index (χ0n) is 9.92. The van der Waals surface area contributed by atoms with Gasteiger partial charge in [-0.25, -0.2) is 0 Å². The largest absolute Gasteiger partial charge is 0.398 e. The molecule has 1 aliphatic rings. The zero-order chi connectivity index (χ0) is 12.5. The molecule has 92 valence electrons. The van der Waals surface area contributed by atoms with Gasteiger partial charge in [0, 0.05) is 11.1 Å². The highest BCUT2D eigenvalue weighted by Crippen LogP contribution is 2.29. The van der Waals surface area contributed by atoms with Gasteiger partial charge in [-0.1, -0.05) is 24.4 Å². The molecule has 1 fully saturated rings. The third kappa shape index (κ3) is 2.72. The molecule has 17 heavy (non-hydrogen) atoms. The Hall–Kier alpha value is -1.22. The number of nitrogen functional groups attached to an aromatic ring is 1. The topological polar surface area (TPSA) is 55.1 Å². The van der Waals surface area contributed by atoms with Gasteiger partial charge in [0.25, 0.3) is 5.91 Å². The number of nitrogens with one attached hydrogen (secondary N) is 1. The predicted octanol–water partition coefficient (Wildman–Crippen LogP) is 2.98. The van der Waals surface area contributed by atoms with Crippen LogP contribution in [-0.2, 0) is 0 Å². The molecule has 0 spiro atoms. The molecule has 0 atom stereocenters. The van der Waals surface area contributed by atoms with E-state index >= 15 is 0 Å². The van der Waals surface area contributed by atoms with Crippen LogP contribution in [0.15, 0.2) is 18.2 Å². The van der Waals surface area contributed by atoms with Gasteiger partial charge in [-0.3, -0.25) is 4.79 Å². The minimum absolute atomic E-state index is 0.0640. The van der Waals surface area contributed by atoms with Crippen LogP contribution >= 0.6 is 11.6 Å². The second-order valence-electron chi connectivity index (χ2n) is 4.96. The Morgan fingerprint density at radius 2 is 2.06 bits per heavy atom. The van der Waals surface area contributed by atoms with E-state index in [2.05, 4.69) is 12.2 Å². The quantitative estimate of drug-likeness (QED) is 0.795. The van der Waals surface area contributed by atoms with Gasteiger partial charge in [-0.15, -0.1) is 0 Å². The summed E-state index contributed by atoms with van der Waals surface area (Å²) in [6.45, 7) is 2.09. The van der Waals surface area contributed by atoms with Crippen LogP contribution in [0.4, 0.5) is 5.69 Å². The van der Waals surface area contributed by atoms with Crippen molar-refractivity contribution < 1.29 is 4.79 Å². The second kappa shape index (κ2) is 4.57. The Morgan fingerprint density at radius 1 is 1.41 bits per heavy atom. The minimum atomic E-state index is -0.0715. The number of halogens is 1. The first-order chi connectivity index (χ1) is 8.00. The van der Waals surface area contributed by atoms with Crippen LogP contribution < -0.4 is 11.1 Å². The number of carbonyl (C=O) groups is 1. The molecule has 3 N–H and O–H groups in total. The number of benzene rings is 1. The molecule has 0 bridgehead atoms. The van der Waals surface area contributed by atoms with Crippen molar-refractivity contribution >= 4 is 23.2 Å². The first kappa shape index (κ1) is 12.2. The third-order valence-electron chi connectivity index (χ3n) is 3.38. The lowest BCUT2D eigenvalue weighted by molar-refractivity contribution is 0.0908. The maximum atomic E-state index is 12.1. The van der Waals surface area contributed by atoms with E-state index in [1.165, 1.54) is 12.8 Å². The summed E-state index contributed by atoms with van der Waals surface area (Å²) in [5.41, 5.74) is 6.63. The van der Waals surface area contributed by atoms with Gasteiger partial charge in [0.15, 0.2) is 0 Å². The second-order valence-corrected chi connectivity index (χ2v) is 5.37. The average molecular weight is 253 g/mol. The fourth-order valence-electron chi connectivity index (χ4n) is 2.31. The van der Waals surface area contributed by atoms with Crippen LogP contribution in [0.2, 0.25) is 5.02 Å². The Balaban J connectivity index is 2.11. The summed E-state index contributed by atoms with van der Waals surface area (Å²) < 4.78 is 0. The monoisotopic (exact) mass is 252 g/mol. The Bertz CT molecular complexity index is 439. The van der Waals surface area contributed by atoms with Crippen molar-refractivity contribution in [2.45, 2.75) is 38.1 Å². The number of rotatable bonds is 2. The maximum absolute atomic E-state index is 12.1. The number of carbonyl (C=O) groups excluding carboxylic acids is 1. The molecule has 0 heterocycles. The SMILES string of the molecule is CC1(NC(=O)c2ccc(Cl)c(N)c2)CCCC1. The van der Waals surface area contributed by atoms with Gasteiger partial charge < -0.3 is 11.1 Å². The normalized spacial score (nSPS) is 18.0. The van der Waals surface area contributed by atoms with Crippen molar-refractivity contribution in [2.24, 2.45) is 0 Å². The van der Waals surface area contributed by atoms with Crippen LogP contribution in [0, 0.1) is 0 Å². The van der Waals surface area contributed by atoms with E-state index in [0.29, 0.717) is 16.3 Å². The van der Waals surface area contributed by atoms with Crippen molar-refractivity contribution in [1.29, 1.82) is 0 Å². The van der Waals surface area contributed by atoms with Gasteiger partial charge in [0.1, 0.15) is 0 Å². The molecular formula is C13H17ClN2O. The highest BCUT2D eigenvalue weighted by Gasteiger charge is 2.30. The summed E-state index contributed by atoms with van der Waals surface area (Å²) in [5, 5.41) is 3.56. The fraction of sp³-hybridized carbons (Fsp3) is 0.462. The van der Waals surface area contributed by atoms with E-state index in [1.54, 1.807) is 18.2 Å². The highest BCUT2D eigenvalue weighted by molar-refractivity contribution is 6.33. The standard InChI is InChI=1S/C13H17ClN2O/c1-13(6-2-3-7-13)16-12(17)9-4-5-10(14)11(15)8-9/h4-5,8H,2-3,6-7,15H2,1H3,(H,16,17). The average Bonchev–Trinajstić information content (AvgIpc) is 2.69. The van der Waals surface area contributed by atoms with Gasteiger partial charge in [-0.2, -0.15) is 0 Å². The number of anilines is 1. The summed E-state index contributed by atoms with van der Waals surface area (Å²) in [6.07, 6.45) is 4.45. The molecular weight excluding hydrogens is 236 g/mol. The Kier molecular flexibility index (Phi) is 3.29. The van der Waals surface area contributed by atoms with Crippen molar-refractivity contribution in [3.8, 4) is 0 Å². The summed E-state index contributed by atoms with van der Waals surface area (Å²) in [7, 11) is 0. The van der Waals surface area contributed by atoms with E-state index in [1.807, 2.05) is 0 Å². The molecule has 3 nitrogen and oxygen atoms in total. The van der Waals surface area contributed by atoms with E-state index in [4.69, 9.17) is 17.3 Å². The van der Waals surface area contributed by atoms with Crippen molar-refractivity contribution in [1.82, 2.24) is 5.32 Å². The van der Waals surface area contributed by atoms with Gasteiger partial charge in [0.05, 0.1) is 10.7 Å². The molecule has 0 aromatic heterocycles. The molecule has 1 aliphatic carbocycles. The molecule has 1 aromatic carbocycles. The lowest BCUT2D eigenvalue weighted by Crippen LogP contribution is -2.43. The smallest absolute Gasteiger partial charge is 0.251 e. The first-order valence-electron chi connectivity index (χ1n) is 5.88. The van der Waals surface area contributed by atoms with E-state index in [9.17, 15) is 4.79 Å². The molecule has 0 saturated heterocycles. The maximum Gasteiger partial charge on any atom is 0.251 e. The van der Waals surface area contributed by atoms with E-state index in [-0.39, 0.29) is 11.4 Å². The first-order valence-corrected chi connectivity index (χ1v) is 6.25. The molecule has 1 saturated carbocycles. The molecule has 1 aromatic rings. The van der Waals surface area contributed by atoms with Crippen LogP contribution in [0.1, 0.15) is 43.0 Å². The Morgan fingerprint density at radius 3 is 2.65 bits per heavy atom. The van der Waals surface area contributed by atoms with E-state index in [0.717, 1.165) is 12.8 Å². The van der Waals surface area contributed by atoms with Gasteiger partial charge in [-0.05, 0) is 38.0 Å². The lowest BCUT2D eigenvalue weighted by Gasteiger charge is -2.25. The molecule has 0 radical (unpaired) electrons. The predicted molar refractivity (Wildman–Crippen MR) is 70.2 cm³/mol.